The topological polar surface area (TPSA) is 89.9 Å². The Morgan fingerprint density at radius 2 is 1.66 bits per heavy atom. The van der Waals surface area contributed by atoms with Gasteiger partial charge in [-0.25, -0.2) is 4.79 Å². The molecule has 0 aromatic heterocycles. The molecule has 0 heterocycles. The van der Waals surface area contributed by atoms with Gasteiger partial charge in [0.25, 0.3) is 10.1 Å². The number of hydrogen-bond acceptors (Lipinski definition) is 6. The molecule has 0 unspecified atom stereocenters. The summed E-state index contributed by atoms with van der Waals surface area (Å²) in [4.78, 5) is 12.4. The lowest BCUT2D eigenvalue weighted by Gasteiger charge is -2.26. The van der Waals surface area contributed by atoms with Crippen LogP contribution in [0.3, 0.4) is 0 Å². The smallest absolute Gasteiger partial charge is 0.342 e. The number of aliphatic hydroxyl groups is 1. The lowest BCUT2D eigenvalue weighted by Crippen LogP contribution is -2.37. The van der Waals surface area contributed by atoms with Gasteiger partial charge < -0.3 is 9.84 Å². The Labute approximate surface area is 172 Å². The summed E-state index contributed by atoms with van der Waals surface area (Å²) in [5, 5.41) is 10.9. The average Bonchev–Trinajstić information content (AvgIpc) is 2.71. The molecule has 0 fully saturated rings. The number of hydrogen-bond donors (Lipinski definition) is 1. The van der Waals surface area contributed by atoms with Crippen LogP contribution in [0.5, 0.6) is 0 Å². The molecule has 0 amide bonds. The fourth-order valence-corrected chi connectivity index (χ4v) is 3.87. The number of rotatable bonds is 11. The molecule has 0 aliphatic rings. The molecule has 2 aromatic carbocycles. The van der Waals surface area contributed by atoms with Crippen molar-refractivity contribution in [2.24, 2.45) is 0 Å². The summed E-state index contributed by atoms with van der Waals surface area (Å²) < 4.78 is 34.4. The molecule has 0 radical (unpaired) electrons. The van der Waals surface area contributed by atoms with Gasteiger partial charge >= 0.3 is 5.97 Å². The van der Waals surface area contributed by atoms with Crippen LogP contribution in [-0.4, -0.2) is 32.7 Å². The van der Waals surface area contributed by atoms with Crippen molar-refractivity contribution in [3.05, 3.63) is 65.7 Å². The Morgan fingerprint density at radius 3 is 2.28 bits per heavy atom. The van der Waals surface area contributed by atoms with Crippen molar-refractivity contribution in [3.63, 3.8) is 0 Å². The van der Waals surface area contributed by atoms with E-state index in [0.29, 0.717) is 24.8 Å². The second-order valence-electron chi connectivity index (χ2n) is 6.85. The number of benzene rings is 2. The van der Waals surface area contributed by atoms with Gasteiger partial charge in [0, 0.05) is 0 Å². The Hall–Kier alpha value is -2.22. The quantitative estimate of drug-likeness (QED) is 0.339. The van der Waals surface area contributed by atoms with Crippen molar-refractivity contribution in [2.45, 2.75) is 50.0 Å². The first kappa shape index (κ1) is 23.1. The normalized spacial score (nSPS) is 13.6. The van der Waals surface area contributed by atoms with Gasteiger partial charge in [-0.05, 0) is 50.8 Å². The molecule has 0 aliphatic heterocycles. The predicted octanol–water partition coefficient (Wildman–Crippen LogP) is 3.71. The standard InChI is InChI=1S/C22H28O6S/c1-3-27-21(23)22(24,19-10-6-4-7-11-19)16-8-5-9-17-28-29(25,26)20-14-12-18(2)13-15-20/h4,6-7,10-15,24H,3,5,8-9,16-17H2,1-2H3/t22-/m0/s1. The van der Waals surface area contributed by atoms with E-state index in [1.54, 1.807) is 49.4 Å². The summed E-state index contributed by atoms with van der Waals surface area (Å²) >= 11 is 0. The fraction of sp³-hybridized carbons (Fsp3) is 0.409. The molecule has 0 aliphatic carbocycles. The molecule has 6 nitrogen and oxygen atoms in total. The van der Waals surface area contributed by atoms with E-state index >= 15 is 0 Å². The highest BCUT2D eigenvalue weighted by molar-refractivity contribution is 7.86. The lowest BCUT2D eigenvalue weighted by atomic mass is 9.88. The van der Waals surface area contributed by atoms with E-state index in [0.717, 1.165) is 5.56 Å². The summed E-state index contributed by atoms with van der Waals surface area (Å²) in [6.07, 6.45) is 1.77. The predicted molar refractivity (Wildman–Crippen MR) is 110 cm³/mol. The minimum absolute atomic E-state index is 0.0411. The van der Waals surface area contributed by atoms with Gasteiger partial charge in [0.2, 0.25) is 0 Å². The summed E-state index contributed by atoms with van der Waals surface area (Å²) in [5.41, 5.74) is -0.264. The van der Waals surface area contributed by atoms with Gasteiger partial charge in [0.05, 0.1) is 18.1 Å². The van der Waals surface area contributed by atoms with Crippen LogP contribution in [0.25, 0.3) is 0 Å². The second kappa shape index (κ2) is 10.5. The number of carbonyl (C=O) groups is 1. The van der Waals surface area contributed by atoms with Crippen molar-refractivity contribution in [1.82, 2.24) is 0 Å². The third kappa shape index (κ3) is 6.39. The molecule has 1 atom stereocenters. The highest BCUT2D eigenvalue weighted by Crippen LogP contribution is 2.29. The second-order valence-corrected chi connectivity index (χ2v) is 8.46. The number of carbonyl (C=O) groups excluding carboxylic acids is 1. The van der Waals surface area contributed by atoms with Gasteiger partial charge in [-0.1, -0.05) is 54.4 Å². The van der Waals surface area contributed by atoms with E-state index < -0.39 is 21.7 Å². The van der Waals surface area contributed by atoms with Gasteiger partial charge in [0.1, 0.15) is 0 Å². The number of esters is 1. The first-order valence-corrected chi connectivity index (χ1v) is 11.1. The molecule has 0 spiro atoms. The molecular formula is C22H28O6S. The van der Waals surface area contributed by atoms with Crippen molar-refractivity contribution >= 4 is 16.1 Å². The molecule has 0 saturated carbocycles. The molecule has 1 N–H and O–H groups in total. The van der Waals surface area contributed by atoms with Crippen LogP contribution in [0, 0.1) is 6.92 Å². The van der Waals surface area contributed by atoms with Crippen molar-refractivity contribution in [3.8, 4) is 0 Å². The maximum Gasteiger partial charge on any atom is 0.342 e. The number of ether oxygens (including phenoxy) is 1. The molecule has 158 valence electrons. The average molecular weight is 421 g/mol. The van der Waals surface area contributed by atoms with E-state index in [9.17, 15) is 18.3 Å². The van der Waals surface area contributed by atoms with E-state index in [1.165, 1.54) is 12.1 Å². The van der Waals surface area contributed by atoms with Gasteiger partial charge in [-0.2, -0.15) is 8.42 Å². The third-order valence-electron chi connectivity index (χ3n) is 4.60. The van der Waals surface area contributed by atoms with Crippen molar-refractivity contribution < 1.29 is 27.2 Å². The summed E-state index contributed by atoms with van der Waals surface area (Å²) in [6, 6.07) is 15.2. The molecule has 29 heavy (non-hydrogen) atoms. The van der Waals surface area contributed by atoms with E-state index in [-0.39, 0.29) is 24.5 Å². The monoisotopic (exact) mass is 420 g/mol. The third-order valence-corrected chi connectivity index (χ3v) is 5.92. The van der Waals surface area contributed by atoms with Crippen LogP contribution in [0.1, 0.15) is 43.7 Å². The van der Waals surface area contributed by atoms with Gasteiger partial charge in [0.15, 0.2) is 5.60 Å². The van der Waals surface area contributed by atoms with Gasteiger partial charge in [-0.15, -0.1) is 0 Å². The molecular weight excluding hydrogens is 392 g/mol. The molecule has 7 heteroatoms. The maximum absolute atomic E-state index is 12.3. The maximum atomic E-state index is 12.3. The first-order chi connectivity index (χ1) is 13.8. The summed E-state index contributed by atoms with van der Waals surface area (Å²) in [7, 11) is -3.78. The van der Waals surface area contributed by atoms with Crippen molar-refractivity contribution in [1.29, 1.82) is 0 Å². The fourth-order valence-electron chi connectivity index (χ4n) is 2.93. The highest BCUT2D eigenvalue weighted by atomic mass is 32.2. The molecule has 0 bridgehead atoms. The Kier molecular flexibility index (Phi) is 8.37. The first-order valence-electron chi connectivity index (χ1n) is 9.71. The van der Waals surface area contributed by atoms with E-state index in [4.69, 9.17) is 8.92 Å². The van der Waals surface area contributed by atoms with E-state index in [2.05, 4.69) is 0 Å². The van der Waals surface area contributed by atoms with E-state index in [1.807, 2.05) is 6.92 Å². The zero-order chi connectivity index (χ0) is 21.3. The van der Waals surface area contributed by atoms with Gasteiger partial charge in [-0.3, -0.25) is 4.18 Å². The van der Waals surface area contributed by atoms with Crippen LogP contribution >= 0.6 is 0 Å². The SMILES string of the molecule is CCOC(=O)[C@](O)(CCCCCOS(=O)(=O)c1ccc(C)cc1)c1ccccc1. The van der Waals surface area contributed by atoms with Crippen LogP contribution < -0.4 is 0 Å². The minimum atomic E-state index is -3.78. The Morgan fingerprint density at radius 1 is 1.00 bits per heavy atom. The van der Waals surface area contributed by atoms with Crippen LogP contribution in [0.15, 0.2) is 59.5 Å². The zero-order valence-electron chi connectivity index (χ0n) is 16.8. The summed E-state index contributed by atoms with van der Waals surface area (Å²) in [5.74, 6) is -0.676. The molecule has 2 aromatic rings. The molecule has 2 rings (SSSR count). The molecule has 0 saturated heterocycles. The Bertz CT molecular complexity index is 877. The van der Waals surface area contributed by atoms with Crippen LogP contribution in [0.2, 0.25) is 0 Å². The Balaban J connectivity index is 1.86. The summed E-state index contributed by atoms with van der Waals surface area (Å²) in [6.45, 7) is 3.79. The number of aryl methyl sites for hydroxylation is 1. The van der Waals surface area contributed by atoms with Crippen LogP contribution in [-0.2, 0) is 29.4 Å². The largest absolute Gasteiger partial charge is 0.464 e. The zero-order valence-corrected chi connectivity index (χ0v) is 17.7. The van der Waals surface area contributed by atoms with Crippen LogP contribution in [0.4, 0.5) is 0 Å². The van der Waals surface area contributed by atoms with Crippen molar-refractivity contribution in [2.75, 3.05) is 13.2 Å². The highest BCUT2D eigenvalue weighted by Gasteiger charge is 2.38. The minimum Gasteiger partial charge on any atom is -0.464 e. The number of unbranched alkanes of at least 4 members (excludes halogenated alkanes) is 2. The lowest BCUT2D eigenvalue weighted by molar-refractivity contribution is -0.167.